The summed E-state index contributed by atoms with van der Waals surface area (Å²) in [5.74, 6) is 0.219. The lowest BCUT2D eigenvalue weighted by atomic mass is 10.4. The van der Waals surface area contributed by atoms with Crippen molar-refractivity contribution >= 4 is 12.0 Å². The molecule has 2 amide bonds. The molecule has 0 aliphatic heterocycles. The fraction of sp³-hybridized carbons (Fsp3) is 0.333. The molecule has 0 aromatic carbocycles. The maximum atomic E-state index is 11.3. The average Bonchev–Trinajstić information content (AvgIpc) is 2.62. The van der Waals surface area contributed by atoms with Crippen LogP contribution in [0.25, 0.3) is 0 Å². The molecule has 0 spiro atoms. The van der Waals surface area contributed by atoms with Crippen molar-refractivity contribution in [2.45, 2.75) is 13.8 Å². The van der Waals surface area contributed by atoms with E-state index in [1.807, 2.05) is 0 Å². The number of carbonyl (C=O) groups excluding carboxylic acids is 2. The first kappa shape index (κ1) is 11.1. The minimum absolute atomic E-state index is 0.129. The zero-order chi connectivity index (χ0) is 11.3. The first-order chi connectivity index (χ1) is 7.13. The van der Waals surface area contributed by atoms with E-state index < -0.39 is 12.0 Å². The summed E-state index contributed by atoms with van der Waals surface area (Å²) >= 11 is 0. The SMILES string of the molecule is CCOC(=O)NNC(=O)c1ccc(C)o1. The Hall–Kier alpha value is -1.98. The summed E-state index contributed by atoms with van der Waals surface area (Å²) in [6, 6.07) is 3.16. The molecule has 0 aliphatic rings. The first-order valence-corrected chi connectivity index (χ1v) is 4.43. The van der Waals surface area contributed by atoms with E-state index in [-0.39, 0.29) is 12.4 Å². The van der Waals surface area contributed by atoms with Gasteiger partial charge in [-0.05, 0) is 26.0 Å². The van der Waals surface area contributed by atoms with Crippen molar-refractivity contribution in [2.24, 2.45) is 0 Å². The van der Waals surface area contributed by atoms with Crippen LogP contribution >= 0.6 is 0 Å². The quantitative estimate of drug-likeness (QED) is 0.716. The van der Waals surface area contributed by atoms with Gasteiger partial charge in [-0.25, -0.2) is 10.2 Å². The van der Waals surface area contributed by atoms with Gasteiger partial charge in [0.25, 0.3) is 0 Å². The largest absolute Gasteiger partial charge is 0.456 e. The maximum Gasteiger partial charge on any atom is 0.426 e. The Bertz CT molecular complexity index is 359. The van der Waals surface area contributed by atoms with E-state index in [9.17, 15) is 9.59 Å². The fourth-order valence-electron chi connectivity index (χ4n) is 0.893. The predicted molar refractivity (Wildman–Crippen MR) is 51.1 cm³/mol. The maximum absolute atomic E-state index is 11.3. The Morgan fingerprint density at radius 3 is 2.67 bits per heavy atom. The highest BCUT2D eigenvalue weighted by Crippen LogP contribution is 2.04. The summed E-state index contributed by atoms with van der Waals surface area (Å²) in [7, 11) is 0. The van der Waals surface area contributed by atoms with Gasteiger partial charge < -0.3 is 9.15 Å². The van der Waals surface area contributed by atoms with Crippen molar-refractivity contribution in [2.75, 3.05) is 6.61 Å². The van der Waals surface area contributed by atoms with Gasteiger partial charge in [-0.15, -0.1) is 0 Å². The van der Waals surface area contributed by atoms with Gasteiger partial charge in [-0.3, -0.25) is 10.2 Å². The van der Waals surface area contributed by atoms with E-state index in [0.717, 1.165) is 0 Å². The zero-order valence-electron chi connectivity index (χ0n) is 8.49. The van der Waals surface area contributed by atoms with Crippen LogP contribution in [0.3, 0.4) is 0 Å². The Kier molecular flexibility index (Phi) is 3.73. The van der Waals surface area contributed by atoms with Gasteiger partial charge >= 0.3 is 12.0 Å². The van der Waals surface area contributed by atoms with E-state index in [0.29, 0.717) is 5.76 Å². The summed E-state index contributed by atoms with van der Waals surface area (Å²) in [6.45, 7) is 3.62. The van der Waals surface area contributed by atoms with Gasteiger partial charge in [0.1, 0.15) is 5.76 Å². The highest BCUT2D eigenvalue weighted by molar-refractivity contribution is 5.92. The molecule has 0 bridgehead atoms. The molecular weight excluding hydrogens is 200 g/mol. The fourth-order valence-corrected chi connectivity index (χ4v) is 0.893. The van der Waals surface area contributed by atoms with Gasteiger partial charge in [0, 0.05) is 0 Å². The van der Waals surface area contributed by atoms with Crippen LogP contribution in [0.1, 0.15) is 23.2 Å². The molecule has 0 fully saturated rings. The molecule has 1 rings (SSSR count). The molecule has 0 saturated carbocycles. The average molecular weight is 212 g/mol. The second-order valence-electron chi connectivity index (χ2n) is 2.71. The van der Waals surface area contributed by atoms with E-state index in [1.54, 1.807) is 19.9 Å². The molecule has 0 unspecified atom stereocenters. The van der Waals surface area contributed by atoms with Gasteiger partial charge in [-0.1, -0.05) is 0 Å². The second kappa shape index (κ2) is 5.04. The Morgan fingerprint density at radius 1 is 1.40 bits per heavy atom. The molecule has 1 aromatic heterocycles. The van der Waals surface area contributed by atoms with Crippen molar-refractivity contribution in [3.63, 3.8) is 0 Å². The molecule has 2 N–H and O–H groups in total. The van der Waals surface area contributed by atoms with Gasteiger partial charge in [0.05, 0.1) is 6.61 Å². The minimum atomic E-state index is -0.714. The van der Waals surface area contributed by atoms with Crippen LogP contribution in [0.2, 0.25) is 0 Å². The Labute approximate surface area is 86.6 Å². The van der Waals surface area contributed by atoms with Crippen LogP contribution in [0, 0.1) is 6.92 Å². The number of furan rings is 1. The number of aryl methyl sites for hydroxylation is 1. The number of ether oxygens (including phenoxy) is 1. The number of nitrogens with one attached hydrogen (secondary N) is 2. The summed E-state index contributed by atoms with van der Waals surface area (Å²) in [6.07, 6.45) is -0.714. The standard InChI is InChI=1S/C9H12N2O4/c1-3-14-9(13)11-10-8(12)7-5-4-6(2)15-7/h4-5H,3H2,1-2H3,(H,10,12)(H,11,13). The van der Waals surface area contributed by atoms with Crippen LogP contribution in [0.4, 0.5) is 4.79 Å². The molecule has 0 aliphatic carbocycles. The number of rotatable bonds is 2. The van der Waals surface area contributed by atoms with Crippen molar-refractivity contribution < 1.29 is 18.7 Å². The number of hydrazine groups is 1. The van der Waals surface area contributed by atoms with E-state index in [2.05, 4.69) is 15.6 Å². The minimum Gasteiger partial charge on any atom is -0.456 e. The third-order valence-electron chi connectivity index (χ3n) is 1.52. The molecule has 6 nitrogen and oxygen atoms in total. The molecule has 1 heterocycles. The number of amides is 2. The molecule has 0 atom stereocenters. The zero-order valence-corrected chi connectivity index (χ0v) is 8.49. The van der Waals surface area contributed by atoms with Crippen LogP contribution in [-0.4, -0.2) is 18.6 Å². The summed E-state index contributed by atoms with van der Waals surface area (Å²) < 4.78 is 9.57. The third-order valence-corrected chi connectivity index (χ3v) is 1.52. The van der Waals surface area contributed by atoms with Gasteiger partial charge in [0.2, 0.25) is 0 Å². The van der Waals surface area contributed by atoms with E-state index >= 15 is 0 Å². The summed E-state index contributed by atoms with van der Waals surface area (Å²) in [4.78, 5) is 22.1. The Morgan fingerprint density at radius 2 is 2.13 bits per heavy atom. The number of hydrogen-bond donors (Lipinski definition) is 2. The second-order valence-corrected chi connectivity index (χ2v) is 2.71. The normalized spacial score (nSPS) is 9.47. The summed E-state index contributed by atoms with van der Waals surface area (Å²) in [5.41, 5.74) is 4.21. The highest BCUT2D eigenvalue weighted by atomic mass is 16.6. The van der Waals surface area contributed by atoms with Crippen molar-refractivity contribution in [3.05, 3.63) is 23.7 Å². The Balaban J connectivity index is 2.40. The first-order valence-electron chi connectivity index (χ1n) is 4.43. The molecule has 15 heavy (non-hydrogen) atoms. The third kappa shape index (κ3) is 3.34. The lowest BCUT2D eigenvalue weighted by Gasteiger charge is -2.04. The van der Waals surface area contributed by atoms with Crippen LogP contribution in [0.15, 0.2) is 16.5 Å². The van der Waals surface area contributed by atoms with Crippen LogP contribution in [-0.2, 0) is 4.74 Å². The highest BCUT2D eigenvalue weighted by Gasteiger charge is 2.10. The van der Waals surface area contributed by atoms with Crippen LogP contribution < -0.4 is 10.9 Å². The smallest absolute Gasteiger partial charge is 0.426 e. The van der Waals surface area contributed by atoms with Crippen molar-refractivity contribution in [1.82, 2.24) is 10.9 Å². The van der Waals surface area contributed by atoms with Gasteiger partial charge in [-0.2, -0.15) is 0 Å². The molecule has 6 heteroatoms. The molecular formula is C9H12N2O4. The summed E-state index contributed by atoms with van der Waals surface area (Å²) in [5, 5.41) is 0. The molecule has 0 saturated heterocycles. The van der Waals surface area contributed by atoms with E-state index in [4.69, 9.17) is 4.42 Å². The monoisotopic (exact) mass is 212 g/mol. The van der Waals surface area contributed by atoms with Gasteiger partial charge in [0.15, 0.2) is 5.76 Å². The van der Waals surface area contributed by atoms with E-state index in [1.165, 1.54) is 6.07 Å². The lowest BCUT2D eigenvalue weighted by molar-refractivity contribution is 0.0884. The van der Waals surface area contributed by atoms with Crippen molar-refractivity contribution in [1.29, 1.82) is 0 Å². The molecule has 82 valence electrons. The van der Waals surface area contributed by atoms with Crippen LogP contribution in [0.5, 0.6) is 0 Å². The lowest BCUT2D eigenvalue weighted by Crippen LogP contribution is -2.41. The van der Waals surface area contributed by atoms with Crippen molar-refractivity contribution in [3.8, 4) is 0 Å². The molecule has 1 aromatic rings. The number of hydrogen-bond acceptors (Lipinski definition) is 4. The predicted octanol–water partition coefficient (Wildman–Crippen LogP) is 0.979. The molecule has 0 radical (unpaired) electrons. The number of carbonyl (C=O) groups is 2. The topological polar surface area (TPSA) is 80.6 Å².